The van der Waals surface area contributed by atoms with Crippen LogP contribution in [0.15, 0.2) is 113 Å². The number of hydrogen-bond donors (Lipinski definition) is 0. The second-order valence-electron chi connectivity index (χ2n) is 7.83. The van der Waals surface area contributed by atoms with E-state index in [1.807, 2.05) is 60.7 Å². The Balaban J connectivity index is 1.65. The molecule has 0 unspecified atom stereocenters. The largest absolute Gasteiger partial charge is 0.485 e. The van der Waals surface area contributed by atoms with E-state index in [-0.39, 0.29) is 11.5 Å². The van der Waals surface area contributed by atoms with Crippen LogP contribution >= 0.6 is 0 Å². The molecule has 0 amide bonds. The molecule has 7 heteroatoms. The highest BCUT2D eigenvalue weighted by Gasteiger charge is 2.21. The summed E-state index contributed by atoms with van der Waals surface area (Å²) in [5, 5.41) is 9.60. The fourth-order valence-electron chi connectivity index (χ4n) is 3.38. The quantitative estimate of drug-likeness (QED) is 0.199. The molecule has 0 saturated heterocycles. The summed E-state index contributed by atoms with van der Waals surface area (Å²) in [6, 6.07) is 30.3. The molecule has 5 nitrogen and oxygen atoms in total. The Kier molecular flexibility index (Phi) is 7.79. The molecule has 0 aromatic heterocycles. The van der Waals surface area contributed by atoms with Crippen LogP contribution in [0.5, 0.6) is 11.5 Å². The van der Waals surface area contributed by atoms with Crippen molar-refractivity contribution in [2.45, 2.75) is 18.1 Å². The number of rotatable bonds is 9. The van der Waals surface area contributed by atoms with E-state index < -0.39 is 20.6 Å². The number of halogens is 1. The van der Waals surface area contributed by atoms with Crippen molar-refractivity contribution in [3.05, 3.63) is 131 Å². The topological polar surface area (TPSA) is 76.4 Å². The van der Waals surface area contributed by atoms with Crippen molar-refractivity contribution in [3.8, 4) is 17.6 Å². The molecule has 0 bridgehead atoms. The summed E-state index contributed by atoms with van der Waals surface area (Å²) in [5.74, 6) is 0.314. The van der Waals surface area contributed by atoms with E-state index in [0.717, 1.165) is 35.4 Å². The molecular formula is C29H22FNO4S. The molecule has 0 N–H and O–H groups in total. The van der Waals surface area contributed by atoms with Gasteiger partial charge in [0, 0.05) is 0 Å². The van der Waals surface area contributed by atoms with Gasteiger partial charge in [-0.2, -0.15) is 5.26 Å². The van der Waals surface area contributed by atoms with Crippen molar-refractivity contribution in [2.24, 2.45) is 0 Å². The molecule has 36 heavy (non-hydrogen) atoms. The van der Waals surface area contributed by atoms with E-state index in [1.54, 1.807) is 24.3 Å². The van der Waals surface area contributed by atoms with Crippen LogP contribution in [0.2, 0.25) is 0 Å². The minimum Gasteiger partial charge on any atom is -0.485 e. The number of hydrogen-bond acceptors (Lipinski definition) is 5. The van der Waals surface area contributed by atoms with Gasteiger partial charge in [-0.05, 0) is 59.2 Å². The van der Waals surface area contributed by atoms with Crippen molar-refractivity contribution in [3.63, 3.8) is 0 Å². The number of benzene rings is 4. The third-order valence-corrected chi connectivity index (χ3v) is 6.94. The van der Waals surface area contributed by atoms with Crippen LogP contribution in [0.1, 0.15) is 16.7 Å². The molecule has 0 aliphatic rings. The summed E-state index contributed by atoms with van der Waals surface area (Å²) in [6.07, 6.45) is 1.26. The summed E-state index contributed by atoms with van der Waals surface area (Å²) >= 11 is 0. The zero-order chi connectivity index (χ0) is 25.4. The molecule has 0 aliphatic carbocycles. The van der Waals surface area contributed by atoms with Crippen LogP contribution in [0.3, 0.4) is 0 Å². The highest BCUT2D eigenvalue weighted by atomic mass is 32.2. The van der Waals surface area contributed by atoms with Gasteiger partial charge in [0.1, 0.15) is 30.0 Å². The molecule has 0 atom stereocenters. The van der Waals surface area contributed by atoms with E-state index in [2.05, 4.69) is 0 Å². The maximum absolute atomic E-state index is 13.3. The average Bonchev–Trinajstić information content (AvgIpc) is 2.91. The lowest BCUT2D eigenvalue weighted by Crippen LogP contribution is -2.04. The second-order valence-corrected chi connectivity index (χ2v) is 9.75. The summed E-state index contributed by atoms with van der Waals surface area (Å²) in [7, 11) is -4.13. The Morgan fingerprint density at radius 2 is 1.33 bits per heavy atom. The smallest absolute Gasteiger partial charge is 0.216 e. The summed E-state index contributed by atoms with van der Waals surface area (Å²) in [4.78, 5) is -0.638. The molecule has 0 fully saturated rings. The molecule has 180 valence electrons. The lowest BCUT2D eigenvalue weighted by atomic mass is 10.2. The lowest BCUT2D eigenvalue weighted by molar-refractivity contribution is 0.256. The Labute approximate surface area is 209 Å². The van der Waals surface area contributed by atoms with E-state index in [4.69, 9.17) is 9.47 Å². The zero-order valence-electron chi connectivity index (χ0n) is 19.2. The van der Waals surface area contributed by atoms with Crippen molar-refractivity contribution < 1.29 is 22.3 Å². The first-order valence-corrected chi connectivity index (χ1v) is 12.5. The average molecular weight is 500 g/mol. The van der Waals surface area contributed by atoms with Gasteiger partial charge in [-0.25, -0.2) is 12.8 Å². The van der Waals surface area contributed by atoms with Crippen LogP contribution in [-0.2, 0) is 23.1 Å². The Bertz CT molecular complexity index is 1490. The molecule has 0 spiro atoms. The third-order valence-electron chi connectivity index (χ3n) is 5.26. The number of nitrogens with zero attached hydrogens (tertiary/aromatic N) is 1. The van der Waals surface area contributed by atoms with Crippen molar-refractivity contribution >= 4 is 15.9 Å². The van der Waals surface area contributed by atoms with Crippen LogP contribution in [0.25, 0.3) is 6.08 Å². The highest BCUT2D eigenvalue weighted by molar-refractivity contribution is 7.95. The minimum atomic E-state index is -4.13. The molecule has 4 aromatic rings. The van der Waals surface area contributed by atoms with Gasteiger partial charge in [-0.15, -0.1) is 0 Å². The van der Waals surface area contributed by atoms with Gasteiger partial charge in [-0.3, -0.25) is 0 Å². The minimum absolute atomic E-state index is 0.167. The number of nitriles is 1. The van der Waals surface area contributed by atoms with Gasteiger partial charge in [0.25, 0.3) is 0 Å². The van der Waals surface area contributed by atoms with E-state index in [1.165, 1.54) is 6.08 Å². The van der Waals surface area contributed by atoms with Gasteiger partial charge >= 0.3 is 0 Å². The van der Waals surface area contributed by atoms with Gasteiger partial charge in [0.2, 0.25) is 9.84 Å². The fourth-order valence-corrected chi connectivity index (χ4v) is 4.54. The van der Waals surface area contributed by atoms with Crippen LogP contribution in [-0.4, -0.2) is 8.42 Å². The Morgan fingerprint density at radius 3 is 1.89 bits per heavy atom. The number of allylic oxidation sites excluding steroid dienone is 1. The van der Waals surface area contributed by atoms with Gasteiger partial charge in [0.15, 0.2) is 11.5 Å². The Hall–Kier alpha value is -4.41. The van der Waals surface area contributed by atoms with E-state index in [0.29, 0.717) is 23.7 Å². The second kappa shape index (κ2) is 11.3. The van der Waals surface area contributed by atoms with Crippen molar-refractivity contribution in [1.82, 2.24) is 0 Å². The third kappa shape index (κ3) is 6.17. The van der Waals surface area contributed by atoms with Crippen molar-refractivity contribution in [2.75, 3.05) is 0 Å². The van der Waals surface area contributed by atoms with Crippen molar-refractivity contribution in [1.29, 1.82) is 5.26 Å². The van der Waals surface area contributed by atoms with Crippen LogP contribution in [0, 0.1) is 17.1 Å². The number of ether oxygens (including phenoxy) is 2. The monoisotopic (exact) mass is 499 g/mol. The lowest BCUT2D eigenvalue weighted by Gasteiger charge is -2.14. The molecule has 0 aliphatic heterocycles. The molecular weight excluding hydrogens is 477 g/mol. The van der Waals surface area contributed by atoms with Gasteiger partial charge in [-0.1, -0.05) is 66.7 Å². The zero-order valence-corrected chi connectivity index (χ0v) is 20.0. The predicted octanol–water partition coefficient (Wildman–Crippen LogP) is 6.32. The van der Waals surface area contributed by atoms with Crippen LogP contribution < -0.4 is 9.47 Å². The van der Waals surface area contributed by atoms with E-state index >= 15 is 0 Å². The summed E-state index contributed by atoms with van der Waals surface area (Å²) in [5.41, 5.74) is 2.36. The van der Waals surface area contributed by atoms with Crippen LogP contribution in [0.4, 0.5) is 4.39 Å². The fraction of sp³-hybridized carbons (Fsp3) is 0.0690. The highest BCUT2D eigenvalue weighted by Crippen LogP contribution is 2.32. The maximum atomic E-state index is 13.3. The summed E-state index contributed by atoms with van der Waals surface area (Å²) < 4.78 is 51.1. The molecule has 0 saturated carbocycles. The van der Waals surface area contributed by atoms with Gasteiger partial charge in [0.05, 0.1) is 4.90 Å². The maximum Gasteiger partial charge on any atom is 0.216 e. The summed E-state index contributed by atoms with van der Waals surface area (Å²) in [6.45, 7) is 0.592. The predicted molar refractivity (Wildman–Crippen MR) is 135 cm³/mol. The first kappa shape index (κ1) is 24.7. The normalized spacial score (nSPS) is 11.5. The van der Waals surface area contributed by atoms with Gasteiger partial charge < -0.3 is 9.47 Å². The SMILES string of the molecule is N#CC(=Cc1ccc(OCc2ccccc2)c(OCc2ccccc2)c1)S(=O)(=O)c1ccc(F)cc1. The first-order valence-electron chi connectivity index (χ1n) is 11.1. The molecule has 0 radical (unpaired) electrons. The van der Waals surface area contributed by atoms with E-state index in [9.17, 15) is 18.1 Å². The molecule has 4 rings (SSSR count). The first-order chi connectivity index (χ1) is 17.5. The Morgan fingerprint density at radius 1 is 0.778 bits per heavy atom. The number of sulfone groups is 1. The standard InChI is InChI=1S/C29H22FNO4S/c30-25-12-14-26(15-13-25)36(32,33)27(19-31)17-24-11-16-28(34-20-22-7-3-1-4-8-22)29(18-24)35-21-23-9-5-2-6-10-23/h1-18H,20-21H2. The molecule has 0 heterocycles. The molecule has 4 aromatic carbocycles.